The summed E-state index contributed by atoms with van der Waals surface area (Å²) in [6.07, 6.45) is 2.88. The van der Waals surface area contributed by atoms with E-state index in [0.29, 0.717) is 0 Å². The molecule has 3 aliphatic rings. The van der Waals surface area contributed by atoms with E-state index in [9.17, 15) is 0 Å². The van der Waals surface area contributed by atoms with Crippen molar-refractivity contribution in [1.82, 2.24) is 4.98 Å². The number of rotatable bonds is 5. The van der Waals surface area contributed by atoms with Crippen LogP contribution in [0.3, 0.4) is 0 Å². The van der Waals surface area contributed by atoms with Crippen molar-refractivity contribution >= 4 is 34.0 Å². The Kier molecular flexibility index (Phi) is 7.59. The number of hydrogen-bond donors (Lipinski definition) is 0. The molecule has 0 fully saturated rings. The monoisotopic (exact) mass is 711 g/mol. The standard InChI is InChI=1S/C48H45N3OS/c1-45(2,3)35-23-24-49-43(28-35)51-41-20-14-13-19-39(41)46(4,5)40-22-21-36(29-42(40)51)52-37-26-33(31-15-9-8-10-16-31)25-34(27-37)44-50-47(6)30-32-17-11-12-18-38(32)48(47,7)53-44/h8-29H,30H2,1-7H3/t47-,48+/m1/s1. The number of benzene rings is 5. The molecule has 0 bridgehead atoms. The van der Waals surface area contributed by atoms with Gasteiger partial charge < -0.3 is 4.74 Å². The molecule has 0 radical (unpaired) electrons. The van der Waals surface area contributed by atoms with Crippen molar-refractivity contribution in [3.8, 4) is 22.6 Å². The van der Waals surface area contributed by atoms with Gasteiger partial charge in [0.05, 0.1) is 26.7 Å². The summed E-state index contributed by atoms with van der Waals surface area (Å²) in [6, 6.07) is 45.6. The van der Waals surface area contributed by atoms with Gasteiger partial charge in [-0.3, -0.25) is 9.89 Å². The van der Waals surface area contributed by atoms with Crippen LogP contribution in [-0.4, -0.2) is 15.6 Å². The maximum atomic E-state index is 6.91. The van der Waals surface area contributed by atoms with Gasteiger partial charge in [0, 0.05) is 23.2 Å². The Morgan fingerprint density at radius 2 is 1.34 bits per heavy atom. The van der Waals surface area contributed by atoms with Crippen LogP contribution < -0.4 is 9.64 Å². The number of para-hydroxylation sites is 1. The maximum absolute atomic E-state index is 6.91. The Balaban J connectivity index is 1.15. The fourth-order valence-electron chi connectivity index (χ4n) is 8.57. The second-order valence-corrected chi connectivity index (χ2v) is 18.1. The Hall–Kier alpha value is -5.13. The van der Waals surface area contributed by atoms with Gasteiger partial charge in [0.1, 0.15) is 17.3 Å². The molecule has 3 heterocycles. The van der Waals surface area contributed by atoms with Crippen molar-refractivity contribution in [3.05, 3.63) is 167 Å². The van der Waals surface area contributed by atoms with Crippen LogP contribution in [-0.2, 0) is 22.0 Å². The minimum absolute atomic E-state index is 0.0136. The van der Waals surface area contributed by atoms with Gasteiger partial charge in [-0.15, -0.1) is 0 Å². The predicted octanol–water partition coefficient (Wildman–Crippen LogP) is 12.7. The number of anilines is 3. The smallest absolute Gasteiger partial charge is 0.137 e. The quantitative estimate of drug-likeness (QED) is 0.178. The van der Waals surface area contributed by atoms with Crippen LogP contribution in [0, 0.1) is 0 Å². The Morgan fingerprint density at radius 1 is 0.642 bits per heavy atom. The van der Waals surface area contributed by atoms with Gasteiger partial charge in [-0.1, -0.05) is 125 Å². The first-order valence-corrected chi connectivity index (χ1v) is 19.4. The number of pyridine rings is 1. The summed E-state index contributed by atoms with van der Waals surface area (Å²) in [5, 5.41) is 1.06. The lowest BCUT2D eigenvalue weighted by molar-refractivity contribution is 0.407. The average Bonchev–Trinajstić information content (AvgIpc) is 3.54. The third kappa shape index (κ3) is 5.43. The van der Waals surface area contributed by atoms with Crippen molar-refractivity contribution in [1.29, 1.82) is 0 Å². The number of thioether (sulfide) groups is 1. The highest BCUT2D eigenvalue weighted by Gasteiger charge is 2.57. The van der Waals surface area contributed by atoms with E-state index in [1.807, 2.05) is 18.0 Å². The normalized spacial score (nSPS) is 21.0. The second-order valence-electron chi connectivity index (χ2n) is 16.7. The van der Waals surface area contributed by atoms with Crippen LogP contribution in [0.25, 0.3) is 11.1 Å². The minimum atomic E-state index is -0.219. The molecule has 0 unspecified atom stereocenters. The van der Waals surface area contributed by atoms with E-state index in [1.54, 1.807) is 0 Å². The zero-order valence-electron chi connectivity index (χ0n) is 31.6. The highest BCUT2D eigenvalue weighted by Crippen LogP contribution is 2.60. The molecule has 0 saturated heterocycles. The fourth-order valence-corrected chi connectivity index (χ4v) is 10.1. The average molecular weight is 712 g/mol. The molecule has 9 rings (SSSR count). The van der Waals surface area contributed by atoms with E-state index in [2.05, 4.69) is 181 Å². The second kappa shape index (κ2) is 11.9. The predicted molar refractivity (Wildman–Crippen MR) is 222 cm³/mol. The third-order valence-corrected chi connectivity index (χ3v) is 13.4. The molecular weight excluding hydrogens is 667 g/mol. The zero-order valence-corrected chi connectivity index (χ0v) is 32.4. The zero-order chi connectivity index (χ0) is 36.8. The van der Waals surface area contributed by atoms with Crippen molar-refractivity contribution in [2.45, 2.75) is 76.0 Å². The van der Waals surface area contributed by atoms with E-state index in [-0.39, 0.29) is 21.1 Å². The summed E-state index contributed by atoms with van der Waals surface area (Å²) in [5.41, 5.74) is 11.6. The first kappa shape index (κ1) is 33.7. The molecule has 0 saturated carbocycles. The van der Waals surface area contributed by atoms with Gasteiger partial charge in [0.25, 0.3) is 0 Å². The molecule has 5 heteroatoms. The lowest BCUT2D eigenvalue weighted by Gasteiger charge is -2.41. The molecule has 4 nitrogen and oxygen atoms in total. The molecule has 1 aromatic heterocycles. The lowest BCUT2D eigenvalue weighted by Crippen LogP contribution is -2.36. The number of aliphatic imine (C=N–C) groups is 1. The molecule has 6 aromatic rings. The summed E-state index contributed by atoms with van der Waals surface area (Å²) in [6.45, 7) is 16.0. The van der Waals surface area contributed by atoms with Gasteiger partial charge in [-0.2, -0.15) is 0 Å². The first-order chi connectivity index (χ1) is 25.3. The van der Waals surface area contributed by atoms with Crippen LogP contribution in [0.15, 0.2) is 139 Å². The minimum Gasteiger partial charge on any atom is -0.457 e. The Morgan fingerprint density at radius 3 is 2.13 bits per heavy atom. The third-order valence-electron chi connectivity index (χ3n) is 11.8. The largest absolute Gasteiger partial charge is 0.457 e. The SMILES string of the molecule is CC(C)(C)c1ccnc(N2c3ccccc3C(C)(C)c3ccc(Oc4cc(C5=N[C@]6(C)Cc7ccccc7[C@]6(C)S5)cc(-c5ccccc5)c4)cc32)c1. The van der Waals surface area contributed by atoms with Gasteiger partial charge in [-0.25, -0.2) is 4.98 Å². The highest BCUT2D eigenvalue weighted by atomic mass is 32.2. The molecule has 2 aliphatic heterocycles. The molecular formula is C48H45N3OS. The topological polar surface area (TPSA) is 37.7 Å². The molecule has 0 N–H and O–H groups in total. The number of fused-ring (bicyclic) bond motifs is 5. The maximum Gasteiger partial charge on any atom is 0.137 e. The molecule has 5 aromatic carbocycles. The number of hydrogen-bond acceptors (Lipinski definition) is 5. The van der Waals surface area contributed by atoms with Crippen LogP contribution in [0.2, 0.25) is 0 Å². The van der Waals surface area contributed by atoms with E-state index in [4.69, 9.17) is 14.7 Å². The van der Waals surface area contributed by atoms with E-state index in [0.717, 1.165) is 56.8 Å². The molecule has 1 aliphatic carbocycles. The van der Waals surface area contributed by atoms with Crippen LogP contribution in [0.5, 0.6) is 11.5 Å². The van der Waals surface area contributed by atoms with Crippen LogP contribution in [0.4, 0.5) is 17.2 Å². The van der Waals surface area contributed by atoms with Crippen molar-refractivity contribution in [3.63, 3.8) is 0 Å². The van der Waals surface area contributed by atoms with Gasteiger partial charge in [-0.05, 0) is 107 Å². The van der Waals surface area contributed by atoms with E-state index < -0.39 is 0 Å². The van der Waals surface area contributed by atoms with E-state index >= 15 is 0 Å². The molecule has 0 spiro atoms. The van der Waals surface area contributed by atoms with Gasteiger partial charge >= 0.3 is 0 Å². The highest BCUT2D eigenvalue weighted by molar-refractivity contribution is 8.15. The summed E-state index contributed by atoms with van der Waals surface area (Å²) in [4.78, 5) is 12.8. The number of aromatic nitrogens is 1. The molecule has 0 amide bonds. The van der Waals surface area contributed by atoms with Gasteiger partial charge in [0.15, 0.2) is 0 Å². The van der Waals surface area contributed by atoms with Crippen LogP contribution in [0.1, 0.15) is 81.8 Å². The first-order valence-electron chi connectivity index (χ1n) is 18.6. The summed E-state index contributed by atoms with van der Waals surface area (Å²) < 4.78 is 6.78. The fraction of sp³-hybridized carbons (Fsp3) is 0.250. The number of ether oxygens (including phenoxy) is 1. The molecule has 264 valence electrons. The van der Waals surface area contributed by atoms with Crippen molar-refractivity contribution in [2.24, 2.45) is 4.99 Å². The van der Waals surface area contributed by atoms with Crippen molar-refractivity contribution in [2.75, 3.05) is 4.90 Å². The Bertz CT molecular complexity index is 2440. The Labute approximate surface area is 318 Å². The summed E-state index contributed by atoms with van der Waals surface area (Å²) >= 11 is 1.89. The van der Waals surface area contributed by atoms with Crippen LogP contribution >= 0.6 is 11.8 Å². The number of nitrogens with zero attached hydrogens (tertiary/aromatic N) is 3. The van der Waals surface area contributed by atoms with Gasteiger partial charge in [0.2, 0.25) is 0 Å². The van der Waals surface area contributed by atoms with Crippen molar-refractivity contribution < 1.29 is 4.74 Å². The lowest BCUT2D eigenvalue weighted by atomic mass is 9.73. The molecule has 53 heavy (non-hydrogen) atoms. The summed E-state index contributed by atoms with van der Waals surface area (Å²) in [5.74, 6) is 2.46. The summed E-state index contributed by atoms with van der Waals surface area (Å²) in [7, 11) is 0. The van der Waals surface area contributed by atoms with E-state index in [1.165, 1.54) is 27.8 Å². The molecule has 2 atom stereocenters.